The zero-order valence-corrected chi connectivity index (χ0v) is 18.2. The van der Waals surface area contributed by atoms with Gasteiger partial charge in [0.1, 0.15) is 5.82 Å². The summed E-state index contributed by atoms with van der Waals surface area (Å²) < 4.78 is 0. The number of carbonyl (C=O) groups is 1. The standard InChI is InChI=1S/C26H24N6O/c27-14-20-13-18(26(28)33)10-11-19(20)15-32(16-24-30-21-7-1-2-8-22(21)31-24)23-9-3-5-17-6-4-12-29-25(17)23/h1-2,4,6-8,10-13,23H,3,5,9,15-16H2,(H2,28,33)(H,30,31). The lowest BCUT2D eigenvalue weighted by Gasteiger charge is -2.34. The molecule has 4 aromatic rings. The van der Waals surface area contributed by atoms with Crippen LogP contribution in [0, 0.1) is 11.3 Å². The molecule has 0 fully saturated rings. The topological polar surface area (TPSA) is 112 Å². The summed E-state index contributed by atoms with van der Waals surface area (Å²) in [5.41, 5.74) is 11.3. The van der Waals surface area contributed by atoms with Crippen LogP contribution in [0.3, 0.4) is 0 Å². The first-order valence-electron chi connectivity index (χ1n) is 11.1. The number of para-hydroxylation sites is 2. The fraction of sp³-hybridized carbons (Fsp3) is 0.231. The highest BCUT2D eigenvalue weighted by Gasteiger charge is 2.28. The van der Waals surface area contributed by atoms with E-state index in [1.165, 1.54) is 5.56 Å². The number of carbonyl (C=O) groups excluding carboxylic acids is 1. The van der Waals surface area contributed by atoms with Crippen molar-refractivity contribution in [3.05, 3.63) is 94.6 Å². The van der Waals surface area contributed by atoms with Crippen LogP contribution in [-0.4, -0.2) is 25.8 Å². The third-order valence-corrected chi connectivity index (χ3v) is 6.29. The summed E-state index contributed by atoms with van der Waals surface area (Å²) in [6.07, 6.45) is 4.92. The first-order valence-corrected chi connectivity index (χ1v) is 11.1. The van der Waals surface area contributed by atoms with Gasteiger partial charge in [-0.2, -0.15) is 5.26 Å². The Morgan fingerprint density at radius 2 is 2.06 bits per heavy atom. The van der Waals surface area contributed by atoms with Crippen molar-refractivity contribution in [3.63, 3.8) is 0 Å². The molecule has 1 aliphatic carbocycles. The van der Waals surface area contributed by atoms with Crippen LogP contribution in [0.5, 0.6) is 0 Å². The van der Waals surface area contributed by atoms with Crippen LogP contribution in [-0.2, 0) is 19.5 Å². The maximum atomic E-state index is 11.6. The fourth-order valence-corrected chi connectivity index (χ4v) is 4.68. The second-order valence-corrected chi connectivity index (χ2v) is 8.41. The fourth-order valence-electron chi connectivity index (χ4n) is 4.68. The normalized spacial score (nSPS) is 15.3. The molecule has 0 radical (unpaired) electrons. The molecule has 7 nitrogen and oxygen atoms in total. The average molecular weight is 437 g/mol. The number of aromatic nitrogens is 3. The number of nitrogens with one attached hydrogen (secondary N) is 1. The number of rotatable bonds is 6. The second kappa shape index (κ2) is 8.85. The van der Waals surface area contributed by atoms with E-state index in [0.29, 0.717) is 24.2 Å². The summed E-state index contributed by atoms with van der Waals surface area (Å²) in [7, 11) is 0. The molecule has 0 bridgehead atoms. The summed E-state index contributed by atoms with van der Waals surface area (Å²) in [4.78, 5) is 26.9. The molecule has 0 saturated heterocycles. The van der Waals surface area contributed by atoms with E-state index in [4.69, 9.17) is 15.7 Å². The Labute approximate surface area is 191 Å². The van der Waals surface area contributed by atoms with Gasteiger partial charge in [-0.05, 0) is 60.7 Å². The third kappa shape index (κ3) is 4.21. The first-order chi connectivity index (χ1) is 16.1. The van der Waals surface area contributed by atoms with E-state index >= 15 is 0 Å². The quantitative estimate of drug-likeness (QED) is 0.474. The lowest BCUT2D eigenvalue weighted by molar-refractivity contribution is 0.1000. The molecule has 2 aromatic heterocycles. The van der Waals surface area contributed by atoms with Crippen molar-refractivity contribution >= 4 is 16.9 Å². The minimum atomic E-state index is -0.539. The van der Waals surface area contributed by atoms with Crippen LogP contribution in [0.4, 0.5) is 0 Å². The summed E-state index contributed by atoms with van der Waals surface area (Å²) >= 11 is 0. The molecule has 1 unspecified atom stereocenters. The number of amides is 1. The highest BCUT2D eigenvalue weighted by molar-refractivity contribution is 5.93. The van der Waals surface area contributed by atoms with Crippen LogP contribution in [0.15, 0.2) is 60.8 Å². The van der Waals surface area contributed by atoms with Gasteiger partial charge in [0, 0.05) is 18.3 Å². The molecule has 7 heteroatoms. The number of benzene rings is 2. The molecule has 2 heterocycles. The minimum Gasteiger partial charge on any atom is -0.366 e. The number of nitrogens with zero attached hydrogens (tertiary/aromatic N) is 4. The van der Waals surface area contributed by atoms with Crippen molar-refractivity contribution in [3.8, 4) is 6.07 Å². The number of aromatic amines is 1. The Balaban J connectivity index is 1.53. The number of primary amides is 1. The third-order valence-electron chi connectivity index (χ3n) is 6.29. The Kier molecular flexibility index (Phi) is 5.59. The average Bonchev–Trinajstić information content (AvgIpc) is 3.26. The van der Waals surface area contributed by atoms with Crippen LogP contribution in [0.25, 0.3) is 11.0 Å². The molecule has 1 atom stereocenters. The van der Waals surface area contributed by atoms with Crippen molar-refractivity contribution in [1.29, 1.82) is 5.26 Å². The molecule has 0 saturated carbocycles. The maximum Gasteiger partial charge on any atom is 0.248 e. The van der Waals surface area contributed by atoms with Crippen molar-refractivity contribution in [2.24, 2.45) is 5.73 Å². The molecule has 3 N–H and O–H groups in total. The number of aryl methyl sites for hydroxylation is 1. The van der Waals surface area contributed by atoms with Crippen LogP contribution >= 0.6 is 0 Å². The van der Waals surface area contributed by atoms with Gasteiger partial charge in [-0.3, -0.25) is 14.7 Å². The summed E-state index contributed by atoms with van der Waals surface area (Å²) in [5.74, 6) is 0.328. The lowest BCUT2D eigenvalue weighted by atomic mass is 9.90. The summed E-state index contributed by atoms with van der Waals surface area (Å²) in [6.45, 7) is 1.11. The van der Waals surface area contributed by atoms with Gasteiger partial charge < -0.3 is 10.7 Å². The van der Waals surface area contributed by atoms with Gasteiger partial charge in [0.15, 0.2) is 0 Å². The maximum absolute atomic E-state index is 11.6. The first kappa shape index (κ1) is 20.9. The summed E-state index contributed by atoms with van der Waals surface area (Å²) in [5, 5.41) is 9.74. The smallest absolute Gasteiger partial charge is 0.248 e. The van der Waals surface area contributed by atoms with E-state index in [0.717, 1.165) is 47.4 Å². The number of fused-ring (bicyclic) bond motifs is 2. The molecule has 1 aliphatic rings. The van der Waals surface area contributed by atoms with Gasteiger partial charge in [0.2, 0.25) is 5.91 Å². The SMILES string of the molecule is N#Cc1cc(C(N)=O)ccc1CN(Cc1nc2ccccc2[nH]1)C1CCCc2cccnc21. The van der Waals surface area contributed by atoms with E-state index in [2.05, 4.69) is 22.0 Å². The Morgan fingerprint density at radius 3 is 2.88 bits per heavy atom. The Bertz CT molecular complexity index is 1340. The Hall–Kier alpha value is -4.02. The van der Waals surface area contributed by atoms with Crippen LogP contribution in [0.1, 0.15) is 57.5 Å². The highest BCUT2D eigenvalue weighted by Crippen LogP contribution is 2.35. The number of nitriles is 1. The van der Waals surface area contributed by atoms with E-state index in [1.807, 2.05) is 42.6 Å². The van der Waals surface area contributed by atoms with Crippen molar-refractivity contribution in [2.45, 2.75) is 38.4 Å². The molecule has 0 spiro atoms. The van der Waals surface area contributed by atoms with E-state index in [-0.39, 0.29) is 6.04 Å². The van der Waals surface area contributed by atoms with Gasteiger partial charge in [0.25, 0.3) is 0 Å². The molecule has 0 aliphatic heterocycles. The number of pyridine rings is 1. The van der Waals surface area contributed by atoms with Crippen molar-refractivity contribution in [1.82, 2.24) is 19.9 Å². The van der Waals surface area contributed by atoms with Crippen LogP contribution in [0.2, 0.25) is 0 Å². The van der Waals surface area contributed by atoms with Crippen molar-refractivity contribution in [2.75, 3.05) is 0 Å². The van der Waals surface area contributed by atoms with Gasteiger partial charge in [-0.1, -0.05) is 24.3 Å². The van der Waals surface area contributed by atoms with Gasteiger partial charge in [-0.25, -0.2) is 4.98 Å². The van der Waals surface area contributed by atoms with E-state index < -0.39 is 5.91 Å². The molecule has 164 valence electrons. The van der Waals surface area contributed by atoms with E-state index in [9.17, 15) is 10.1 Å². The molecular formula is C26H24N6O. The minimum absolute atomic E-state index is 0.102. The number of hydrogen-bond acceptors (Lipinski definition) is 5. The van der Waals surface area contributed by atoms with Gasteiger partial charge in [-0.15, -0.1) is 0 Å². The van der Waals surface area contributed by atoms with Crippen LogP contribution < -0.4 is 5.73 Å². The lowest BCUT2D eigenvalue weighted by Crippen LogP contribution is -2.32. The number of hydrogen-bond donors (Lipinski definition) is 2. The highest BCUT2D eigenvalue weighted by atomic mass is 16.1. The second-order valence-electron chi connectivity index (χ2n) is 8.41. The largest absolute Gasteiger partial charge is 0.366 e. The molecule has 33 heavy (non-hydrogen) atoms. The molecule has 2 aromatic carbocycles. The number of H-pyrrole nitrogens is 1. The van der Waals surface area contributed by atoms with Gasteiger partial charge in [0.05, 0.1) is 40.9 Å². The monoisotopic (exact) mass is 436 g/mol. The van der Waals surface area contributed by atoms with E-state index in [1.54, 1.807) is 12.1 Å². The summed E-state index contributed by atoms with van der Waals surface area (Å²) in [6, 6.07) is 19.5. The zero-order chi connectivity index (χ0) is 22.8. The number of imidazole rings is 1. The Morgan fingerprint density at radius 1 is 1.18 bits per heavy atom. The van der Waals surface area contributed by atoms with Crippen molar-refractivity contribution < 1.29 is 4.79 Å². The number of nitrogens with two attached hydrogens (primary N) is 1. The molecule has 1 amide bonds. The predicted molar refractivity (Wildman–Crippen MR) is 125 cm³/mol. The zero-order valence-electron chi connectivity index (χ0n) is 18.2. The van der Waals surface area contributed by atoms with Gasteiger partial charge >= 0.3 is 0 Å². The molecule has 5 rings (SSSR count). The molecular weight excluding hydrogens is 412 g/mol. The predicted octanol–water partition coefficient (Wildman–Crippen LogP) is 4.01.